The van der Waals surface area contributed by atoms with E-state index < -0.39 is 0 Å². The second-order valence-corrected chi connectivity index (χ2v) is 11.7. The fourth-order valence-corrected chi connectivity index (χ4v) is 5.55. The van der Waals surface area contributed by atoms with Gasteiger partial charge in [-0.1, -0.05) is 74.9 Å². The Morgan fingerprint density at radius 3 is 2.33 bits per heavy atom. The van der Waals surface area contributed by atoms with Crippen LogP contribution in [0.1, 0.15) is 26.3 Å². The van der Waals surface area contributed by atoms with Gasteiger partial charge in [0, 0.05) is 55.0 Å². The first-order valence-electron chi connectivity index (χ1n) is 14.7. The van der Waals surface area contributed by atoms with E-state index in [1.54, 1.807) is 12.4 Å². The van der Waals surface area contributed by atoms with Gasteiger partial charge in [0.25, 0.3) is 0 Å². The van der Waals surface area contributed by atoms with Crippen LogP contribution in [0, 0.1) is 17.9 Å². The van der Waals surface area contributed by atoms with Crippen molar-refractivity contribution in [3.05, 3.63) is 145 Å². The number of rotatable bonds is 3. The summed E-state index contributed by atoms with van der Waals surface area (Å²) in [6.07, 6.45) is 5.46. The molecule has 0 saturated carbocycles. The molecule has 46 heavy (non-hydrogen) atoms. The Labute approximate surface area is 280 Å². The smallest absolute Gasteiger partial charge is 0.121 e. The Kier molecular flexibility index (Phi) is 8.63. The third kappa shape index (κ3) is 5.76. The van der Waals surface area contributed by atoms with Crippen molar-refractivity contribution in [2.24, 2.45) is 0 Å². The van der Waals surface area contributed by atoms with E-state index in [9.17, 15) is 4.39 Å². The number of imidazole rings is 1. The van der Waals surface area contributed by atoms with Crippen LogP contribution in [0.25, 0.3) is 61.3 Å². The molecule has 229 valence electrons. The minimum absolute atomic E-state index is 0. The molecule has 5 nitrogen and oxygen atoms in total. The Balaban J connectivity index is 0.000000241. The van der Waals surface area contributed by atoms with Crippen LogP contribution in [-0.2, 0) is 25.5 Å². The Morgan fingerprint density at radius 1 is 0.826 bits per heavy atom. The maximum Gasteiger partial charge on any atom is 0.121 e. The molecule has 4 aromatic heterocycles. The number of nitrogens with zero attached hydrogens (tertiary/aromatic N) is 4. The van der Waals surface area contributed by atoms with Crippen LogP contribution < -0.4 is 0 Å². The predicted octanol–water partition coefficient (Wildman–Crippen LogP) is 9.77. The average Bonchev–Trinajstić information content (AvgIpc) is 3.66. The van der Waals surface area contributed by atoms with Gasteiger partial charge in [-0.25, -0.2) is 0 Å². The Morgan fingerprint density at radius 2 is 1.59 bits per heavy atom. The summed E-state index contributed by atoms with van der Waals surface area (Å²) in [5, 5.41) is 1.18. The van der Waals surface area contributed by atoms with Gasteiger partial charge in [0.15, 0.2) is 0 Å². The largest absolute Gasteiger partial charge is 0.500 e. The summed E-state index contributed by atoms with van der Waals surface area (Å²) in [5.41, 5.74) is 7.31. The molecule has 7 heteroatoms. The molecule has 0 bridgehead atoms. The van der Waals surface area contributed by atoms with E-state index in [0.29, 0.717) is 27.9 Å². The summed E-state index contributed by atoms with van der Waals surface area (Å²) < 4.78 is 23.2. The minimum Gasteiger partial charge on any atom is -0.500 e. The first kappa shape index (κ1) is 31.0. The van der Waals surface area contributed by atoms with Crippen molar-refractivity contribution in [2.75, 3.05) is 0 Å². The zero-order chi connectivity index (χ0) is 31.0. The van der Waals surface area contributed by atoms with Crippen LogP contribution in [-0.4, -0.2) is 19.5 Å². The van der Waals surface area contributed by atoms with E-state index in [0.717, 1.165) is 38.9 Å². The van der Waals surface area contributed by atoms with Crippen molar-refractivity contribution in [1.29, 1.82) is 0 Å². The van der Waals surface area contributed by atoms with Crippen LogP contribution in [0.5, 0.6) is 0 Å². The monoisotopic (exact) mass is 781 g/mol. The van der Waals surface area contributed by atoms with Crippen molar-refractivity contribution >= 4 is 33.0 Å². The molecule has 4 aromatic carbocycles. The van der Waals surface area contributed by atoms with Crippen LogP contribution >= 0.6 is 0 Å². The number of para-hydroxylation sites is 2. The molecule has 0 unspecified atom stereocenters. The summed E-state index contributed by atoms with van der Waals surface area (Å²) in [7, 11) is 0. The van der Waals surface area contributed by atoms with Gasteiger partial charge in [-0.2, -0.15) is 0 Å². The van der Waals surface area contributed by atoms with Crippen molar-refractivity contribution in [1.82, 2.24) is 19.5 Å². The fraction of sp³-hybridized carbons (Fsp3) is 0.103. The first-order chi connectivity index (χ1) is 21.9. The number of hydrogen-bond acceptors (Lipinski definition) is 4. The number of benzene rings is 4. The number of hydrogen-bond donors (Lipinski definition) is 0. The van der Waals surface area contributed by atoms with Crippen LogP contribution in [0.4, 0.5) is 4.39 Å². The van der Waals surface area contributed by atoms with Crippen molar-refractivity contribution < 1.29 is 28.9 Å². The molecular formula is C39H29FIrN4O-2. The van der Waals surface area contributed by atoms with E-state index in [1.165, 1.54) is 6.07 Å². The third-order valence-electron chi connectivity index (χ3n) is 7.66. The molecule has 4 heterocycles. The zero-order valence-corrected chi connectivity index (χ0v) is 27.9. The summed E-state index contributed by atoms with van der Waals surface area (Å²) in [6.45, 7) is 6.48. The number of furan rings is 1. The van der Waals surface area contributed by atoms with Crippen LogP contribution in [0.3, 0.4) is 0 Å². The van der Waals surface area contributed by atoms with Crippen molar-refractivity contribution in [3.8, 4) is 28.3 Å². The number of fused-ring (bicyclic) bond motifs is 4. The molecule has 0 aliphatic carbocycles. The average molecular weight is 781 g/mol. The quantitative estimate of drug-likeness (QED) is 0.168. The van der Waals surface area contributed by atoms with Crippen LogP contribution in [0.2, 0.25) is 0 Å². The fourth-order valence-electron chi connectivity index (χ4n) is 5.55. The molecule has 0 N–H and O–H groups in total. The molecule has 0 aliphatic rings. The van der Waals surface area contributed by atoms with Crippen molar-refractivity contribution in [2.45, 2.75) is 26.2 Å². The molecule has 8 rings (SSSR count). The molecule has 1 radical (unpaired) electrons. The normalized spacial score (nSPS) is 11.3. The summed E-state index contributed by atoms with van der Waals surface area (Å²) >= 11 is 0. The predicted molar refractivity (Wildman–Crippen MR) is 178 cm³/mol. The maximum absolute atomic E-state index is 15.0. The number of aromatic nitrogens is 4. The van der Waals surface area contributed by atoms with E-state index in [4.69, 9.17) is 9.40 Å². The molecule has 0 fully saturated rings. The molecule has 8 aromatic rings. The van der Waals surface area contributed by atoms with Gasteiger partial charge in [-0.3, -0.25) is 14.4 Å². The molecule has 0 saturated heterocycles. The van der Waals surface area contributed by atoms with Gasteiger partial charge in [-0.15, -0.1) is 48.0 Å². The number of pyridine rings is 2. The van der Waals surface area contributed by atoms with Gasteiger partial charge in [0.2, 0.25) is 0 Å². The van der Waals surface area contributed by atoms with Gasteiger partial charge < -0.3 is 14.0 Å². The maximum atomic E-state index is 15.0. The first-order valence-corrected chi connectivity index (χ1v) is 14.7. The molecule has 0 amide bonds. The van der Waals surface area contributed by atoms with Gasteiger partial charge >= 0.3 is 0 Å². The van der Waals surface area contributed by atoms with Crippen LogP contribution in [0.15, 0.2) is 126 Å². The van der Waals surface area contributed by atoms with Gasteiger partial charge in [0.05, 0.1) is 28.6 Å². The molecule has 0 atom stereocenters. The standard InChI is InChI=1S/C28H21FN3O.C11H8N.Ir/c1-28(2,3)20-15-30-16-22-25(20)32(17-9-5-4-6-10-17)27(31-22)19-13-14-21(29)24-18-11-7-8-12-23(18)33-26(19)24;1-2-6-10(7-3-1)11-8-4-5-9-12-11;/h4-12,14-16H,1-3H3;1-6,8-9H;/q2*-1;. The molecule has 0 aliphatic heterocycles. The van der Waals surface area contributed by atoms with E-state index in [1.807, 2.05) is 103 Å². The Hall–Kier alpha value is -4.97. The second kappa shape index (κ2) is 12.8. The topological polar surface area (TPSA) is 56.7 Å². The summed E-state index contributed by atoms with van der Waals surface area (Å²) in [4.78, 5) is 13.7. The minimum atomic E-state index is -0.363. The third-order valence-corrected chi connectivity index (χ3v) is 7.66. The number of halogens is 1. The zero-order valence-electron chi connectivity index (χ0n) is 25.5. The van der Waals surface area contributed by atoms with E-state index in [-0.39, 0.29) is 31.3 Å². The van der Waals surface area contributed by atoms with Crippen molar-refractivity contribution in [3.63, 3.8) is 0 Å². The second-order valence-electron chi connectivity index (χ2n) is 11.7. The van der Waals surface area contributed by atoms with E-state index in [2.05, 4.69) is 47.4 Å². The SMILES string of the molecule is CC(C)(C)c1cncc2nc(-c3[c-]cc(F)c4c3oc3ccccc34)n(-c3ccccc3)c12.[Ir].[c-]1ccccc1-c1ccccn1. The molecular weight excluding hydrogens is 752 g/mol. The Bertz CT molecular complexity index is 2220. The van der Waals surface area contributed by atoms with E-state index >= 15 is 0 Å². The summed E-state index contributed by atoms with van der Waals surface area (Å²) in [6, 6.07) is 38.8. The van der Waals surface area contributed by atoms with Gasteiger partial charge in [0.1, 0.15) is 5.58 Å². The molecule has 0 spiro atoms. The summed E-state index contributed by atoms with van der Waals surface area (Å²) in [5.74, 6) is 0.275. The van der Waals surface area contributed by atoms with Gasteiger partial charge in [-0.05, 0) is 40.8 Å².